The van der Waals surface area contributed by atoms with Crippen LogP contribution in [0.15, 0.2) is 18.2 Å². The predicted molar refractivity (Wildman–Crippen MR) is 69.0 cm³/mol. The molecule has 0 bridgehead atoms. The number of aromatic nitrogens is 1. The molecule has 0 saturated heterocycles. The molecule has 1 heterocycles. The lowest BCUT2D eigenvalue weighted by molar-refractivity contribution is 0.0951. The minimum absolute atomic E-state index is 0.0162. The standard InChI is InChI=1S/C10H14ClN3O3S/c1-2-13-18(16,17)7-6-12-10(15)8-4-3-5-9(11)14-8/h3-5,13H,2,6-7H2,1H3,(H,12,15). The van der Waals surface area contributed by atoms with Crippen molar-refractivity contribution in [2.45, 2.75) is 6.92 Å². The largest absolute Gasteiger partial charge is 0.350 e. The van der Waals surface area contributed by atoms with Gasteiger partial charge in [-0.25, -0.2) is 18.1 Å². The van der Waals surface area contributed by atoms with Crippen LogP contribution in [-0.2, 0) is 10.0 Å². The van der Waals surface area contributed by atoms with Crippen molar-refractivity contribution in [2.24, 2.45) is 0 Å². The monoisotopic (exact) mass is 291 g/mol. The summed E-state index contributed by atoms with van der Waals surface area (Å²) < 4.78 is 24.9. The number of halogens is 1. The van der Waals surface area contributed by atoms with Crippen molar-refractivity contribution in [3.8, 4) is 0 Å². The first-order valence-corrected chi connectivity index (χ1v) is 7.35. The lowest BCUT2D eigenvalue weighted by atomic mass is 10.3. The Morgan fingerprint density at radius 2 is 2.17 bits per heavy atom. The summed E-state index contributed by atoms with van der Waals surface area (Å²) in [5.74, 6) is -0.628. The van der Waals surface area contributed by atoms with Crippen molar-refractivity contribution in [1.82, 2.24) is 15.0 Å². The second-order valence-corrected chi connectivity index (χ2v) is 5.73. The van der Waals surface area contributed by atoms with Gasteiger partial charge in [-0.1, -0.05) is 24.6 Å². The van der Waals surface area contributed by atoms with Crippen molar-refractivity contribution in [1.29, 1.82) is 0 Å². The number of amides is 1. The van der Waals surface area contributed by atoms with Crippen LogP contribution in [0.25, 0.3) is 0 Å². The molecular weight excluding hydrogens is 278 g/mol. The van der Waals surface area contributed by atoms with E-state index in [2.05, 4.69) is 15.0 Å². The zero-order valence-corrected chi connectivity index (χ0v) is 11.4. The quantitative estimate of drug-likeness (QED) is 0.743. The van der Waals surface area contributed by atoms with Crippen molar-refractivity contribution >= 4 is 27.5 Å². The van der Waals surface area contributed by atoms with E-state index < -0.39 is 15.9 Å². The van der Waals surface area contributed by atoms with Crippen LogP contribution in [0.2, 0.25) is 5.15 Å². The van der Waals surface area contributed by atoms with Gasteiger partial charge in [-0.15, -0.1) is 0 Å². The fourth-order valence-corrected chi connectivity index (χ4v) is 2.34. The normalized spacial score (nSPS) is 11.2. The van der Waals surface area contributed by atoms with E-state index in [4.69, 9.17) is 11.6 Å². The Morgan fingerprint density at radius 1 is 1.44 bits per heavy atom. The maximum atomic E-state index is 11.6. The molecule has 0 saturated carbocycles. The van der Waals surface area contributed by atoms with E-state index in [1.165, 1.54) is 6.07 Å². The lowest BCUT2D eigenvalue weighted by Crippen LogP contribution is -2.34. The average Bonchev–Trinajstić information content (AvgIpc) is 2.28. The molecule has 0 fully saturated rings. The number of sulfonamides is 1. The van der Waals surface area contributed by atoms with E-state index in [9.17, 15) is 13.2 Å². The highest BCUT2D eigenvalue weighted by Crippen LogP contribution is 2.04. The molecule has 6 nitrogen and oxygen atoms in total. The summed E-state index contributed by atoms with van der Waals surface area (Å²) in [4.78, 5) is 15.4. The third-order valence-electron chi connectivity index (χ3n) is 1.97. The summed E-state index contributed by atoms with van der Waals surface area (Å²) in [7, 11) is -3.33. The molecule has 1 rings (SSSR count). The van der Waals surface area contributed by atoms with Gasteiger partial charge in [-0.2, -0.15) is 0 Å². The first-order chi connectivity index (χ1) is 8.44. The number of rotatable bonds is 6. The highest BCUT2D eigenvalue weighted by molar-refractivity contribution is 7.89. The predicted octanol–water partition coefficient (Wildman–Crippen LogP) is 0.404. The van der Waals surface area contributed by atoms with Crippen LogP contribution >= 0.6 is 11.6 Å². The summed E-state index contributed by atoms with van der Waals surface area (Å²) in [6.07, 6.45) is 0. The van der Waals surface area contributed by atoms with E-state index in [1.807, 2.05) is 0 Å². The first kappa shape index (κ1) is 14.9. The van der Waals surface area contributed by atoms with Gasteiger partial charge < -0.3 is 5.32 Å². The molecule has 0 radical (unpaired) electrons. The first-order valence-electron chi connectivity index (χ1n) is 5.32. The Hall–Kier alpha value is -1.18. The van der Waals surface area contributed by atoms with Crippen molar-refractivity contribution < 1.29 is 13.2 Å². The summed E-state index contributed by atoms with van der Waals surface area (Å²) in [6, 6.07) is 4.65. The van der Waals surface area contributed by atoms with E-state index >= 15 is 0 Å². The SMILES string of the molecule is CCNS(=O)(=O)CCNC(=O)c1cccc(Cl)n1. The molecule has 1 amide bonds. The fourth-order valence-electron chi connectivity index (χ4n) is 1.22. The van der Waals surface area contributed by atoms with Gasteiger partial charge in [0.15, 0.2) is 0 Å². The Balaban J connectivity index is 2.48. The van der Waals surface area contributed by atoms with Crippen molar-refractivity contribution in [2.75, 3.05) is 18.8 Å². The van der Waals surface area contributed by atoms with Gasteiger partial charge in [0.25, 0.3) is 5.91 Å². The van der Waals surface area contributed by atoms with Gasteiger partial charge >= 0.3 is 0 Å². The smallest absolute Gasteiger partial charge is 0.269 e. The zero-order valence-electron chi connectivity index (χ0n) is 9.81. The molecule has 0 unspecified atom stereocenters. The van der Waals surface area contributed by atoms with Gasteiger partial charge in [0.05, 0.1) is 5.75 Å². The Kier molecular flexibility index (Phi) is 5.52. The van der Waals surface area contributed by atoms with E-state index in [0.717, 1.165) is 0 Å². The topological polar surface area (TPSA) is 88.2 Å². The molecule has 1 aromatic rings. The van der Waals surface area contributed by atoms with Gasteiger partial charge in [-0.05, 0) is 12.1 Å². The lowest BCUT2D eigenvalue weighted by Gasteiger charge is -2.06. The van der Waals surface area contributed by atoms with Gasteiger partial charge in [0.2, 0.25) is 10.0 Å². The number of hydrogen-bond donors (Lipinski definition) is 2. The molecule has 0 aliphatic carbocycles. The van der Waals surface area contributed by atoms with Crippen molar-refractivity contribution in [3.63, 3.8) is 0 Å². The van der Waals surface area contributed by atoms with Crippen LogP contribution in [0.4, 0.5) is 0 Å². The Morgan fingerprint density at radius 3 is 2.78 bits per heavy atom. The van der Waals surface area contributed by atoms with Gasteiger partial charge in [0, 0.05) is 13.1 Å². The summed E-state index contributed by atoms with van der Waals surface area (Å²) in [6.45, 7) is 2.03. The minimum atomic E-state index is -3.33. The Bertz CT molecular complexity index is 519. The molecule has 8 heteroatoms. The molecular formula is C10H14ClN3O3S. The second kappa shape index (κ2) is 6.67. The van der Waals surface area contributed by atoms with E-state index in [-0.39, 0.29) is 23.1 Å². The third-order valence-corrected chi connectivity index (χ3v) is 3.65. The fraction of sp³-hybridized carbons (Fsp3) is 0.400. The highest BCUT2D eigenvalue weighted by atomic mass is 35.5. The van der Waals surface area contributed by atoms with Crippen LogP contribution in [0.5, 0.6) is 0 Å². The maximum Gasteiger partial charge on any atom is 0.269 e. The molecule has 0 aliphatic rings. The van der Waals surface area contributed by atoms with E-state index in [1.54, 1.807) is 19.1 Å². The number of carbonyl (C=O) groups excluding carboxylic acids is 1. The van der Waals surface area contributed by atoms with Crippen molar-refractivity contribution in [3.05, 3.63) is 29.0 Å². The summed E-state index contributed by atoms with van der Waals surface area (Å²) in [5, 5.41) is 2.67. The van der Waals surface area contributed by atoms with Gasteiger partial charge in [0.1, 0.15) is 10.8 Å². The maximum absolute atomic E-state index is 11.6. The molecule has 0 spiro atoms. The zero-order chi connectivity index (χ0) is 13.6. The summed E-state index contributed by atoms with van der Waals surface area (Å²) in [5.41, 5.74) is 0.156. The molecule has 0 aromatic carbocycles. The average molecular weight is 292 g/mol. The van der Waals surface area contributed by atoms with Crippen LogP contribution in [-0.4, -0.2) is 38.2 Å². The number of nitrogens with one attached hydrogen (secondary N) is 2. The van der Waals surface area contributed by atoms with E-state index in [0.29, 0.717) is 6.54 Å². The number of carbonyl (C=O) groups is 1. The number of pyridine rings is 1. The number of hydrogen-bond acceptors (Lipinski definition) is 4. The molecule has 1 aromatic heterocycles. The molecule has 100 valence electrons. The third kappa shape index (κ3) is 4.99. The van der Waals surface area contributed by atoms with Crippen LogP contribution in [0, 0.1) is 0 Å². The minimum Gasteiger partial charge on any atom is -0.350 e. The van der Waals surface area contributed by atoms with Gasteiger partial charge in [-0.3, -0.25) is 4.79 Å². The van der Waals surface area contributed by atoms with Crippen LogP contribution in [0.1, 0.15) is 17.4 Å². The Labute approximate surface area is 111 Å². The molecule has 0 aliphatic heterocycles. The molecule has 0 atom stereocenters. The second-order valence-electron chi connectivity index (χ2n) is 3.42. The van der Waals surface area contributed by atoms with Crippen LogP contribution < -0.4 is 10.0 Å². The molecule has 2 N–H and O–H groups in total. The summed E-state index contributed by atoms with van der Waals surface area (Å²) >= 11 is 5.64. The molecule has 18 heavy (non-hydrogen) atoms. The number of nitrogens with zero attached hydrogens (tertiary/aromatic N) is 1. The highest BCUT2D eigenvalue weighted by Gasteiger charge is 2.11. The van der Waals surface area contributed by atoms with Crippen LogP contribution in [0.3, 0.4) is 0 Å².